The molecule has 0 aromatic heterocycles. The fourth-order valence-electron chi connectivity index (χ4n) is 3.05. The first-order valence-electron chi connectivity index (χ1n) is 9.75. The van der Waals surface area contributed by atoms with Crippen molar-refractivity contribution in [2.45, 2.75) is 43.9 Å². The average Bonchev–Trinajstić information content (AvgIpc) is 3.25. The Morgan fingerprint density at radius 3 is 2.50 bits per heavy atom. The lowest BCUT2D eigenvalue weighted by Crippen LogP contribution is -2.39. The number of thioether (sulfide) groups is 1. The lowest BCUT2D eigenvalue weighted by atomic mass is 10.0. The van der Waals surface area contributed by atoms with Crippen LogP contribution in [0.5, 0.6) is 0 Å². The Morgan fingerprint density at radius 1 is 1.04 bits per heavy atom. The number of amidine groups is 1. The minimum atomic E-state index is -3.76. The quantitative estimate of drug-likeness (QED) is 0.464. The third kappa shape index (κ3) is 5.08. The second kappa shape index (κ2) is 9.98. The number of unbranched alkanes of at least 4 members (excludes halogenated alkanes) is 3. The molecule has 1 heterocycles. The number of aliphatic imine (C=N–C) groups is 1. The minimum absolute atomic E-state index is 0.248. The molecule has 1 aliphatic heterocycles. The second-order valence-electron chi connectivity index (χ2n) is 6.67. The summed E-state index contributed by atoms with van der Waals surface area (Å²) in [5.41, 5.74) is 5.10. The van der Waals surface area contributed by atoms with E-state index in [1.54, 1.807) is 24.3 Å². The van der Waals surface area contributed by atoms with Crippen LogP contribution in [-0.4, -0.2) is 30.3 Å². The SMILES string of the molecule is CCCCCCc1ccccc1NN(C1=NCCS1)S(=O)(=O)c1ccccc1. The molecule has 0 spiro atoms. The molecular weight excluding hydrogens is 390 g/mol. The minimum Gasteiger partial charge on any atom is -0.282 e. The summed E-state index contributed by atoms with van der Waals surface area (Å²) in [5.74, 6) is 0.788. The summed E-state index contributed by atoms with van der Waals surface area (Å²) in [6.45, 7) is 2.82. The number of hydrogen-bond acceptors (Lipinski definition) is 5. The molecule has 1 N–H and O–H groups in total. The van der Waals surface area contributed by atoms with Gasteiger partial charge in [-0.15, -0.1) is 0 Å². The van der Waals surface area contributed by atoms with E-state index in [-0.39, 0.29) is 4.90 Å². The van der Waals surface area contributed by atoms with E-state index in [9.17, 15) is 8.42 Å². The molecule has 5 nitrogen and oxygen atoms in total. The van der Waals surface area contributed by atoms with Crippen molar-refractivity contribution in [3.8, 4) is 0 Å². The lowest BCUT2D eigenvalue weighted by molar-refractivity contribution is 0.552. The summed E-state index contributed by atoms with van der Waals surface area (Å²) >= 11 is 1.46. The molecule has 150 valence electrons. The van der Waals surface area contributed by atoms with Crippen molar-refractivity contribution in [3.05, 3.63) is 60.2 Å². The maximum absolute atomic E-state index is 13.3. The van der Waals surface area contributed by atoms with Gasteiger partial charge in [-0.1, -0.05) is 74.3 Å². The van der Waals surface area contributed by atoms with E-state index in [2.05, 4.69) is 23.4 Å². The molecule has 1 aliphatic rings. The molecule has 0 unspecified atom stereocenters. The molecule has 28 heavy (non-hydrogen) atoms. The van der Waals surface area contributed by atoms with E-state index in [1.807, 2.05) is 24.3 Å². The first kappa shape index (κ1) is 20.7. The van der Waals surface area contributed by atoms with Crippen LogP contribution in [0.15, 0.2) is 64.5 Å². The molecule has 0 saturated carbocycles. The molecule has 0 saturated heterocycles. The highest BCUT2D eigenvalue weighted by Gasteiger charge is 2.30. The second-order valence-corrected chi connectivity index (χ2v) is 9.52. The molecule has 0 aliphatic carbocycles. The Balaban J connectivity index is 1.87. The maximum atomic E-state index is 13.3. The Kier molecular flexibility index (Phi) is 7.39. The van der Waals surface area contributed by atoms with Crippen molar-refractivity contribution in [1.29, 1.82) is 0 Å². The van der Waals surface area contributed by atoms with Crippen LogP contribution in [0, 0.1) is 0 Å². The molecule has 3 rings (SSSR count). The molecule has 0 atom stereocenters. The van der Waals surface area contributed by atoms with Gasteiger partial charge >= 0.3 is 0 Å². The zero-order valence-corrected chi connectivity index (χ0v) is 17.8. The van der Waals surface area contributed by atoms with E-state index in [1.165, 1.54) is 35.4 Å². The summed E-state index contributed by atoms with van der Waals surface area (Å²) in [4.78, 5) is 4.65. The van der Waals surface area contributed by atoms with Gasteiger partial charge in [0.2, 0.25) is 0 Å². The van der Waals surface area contributed by atoms with Crippen LogP contribution >= 0.6 is 11.8 Å². The summed E-state index contributed by atoms with van der Waals surface area (Å²) < 4.78 is 27.8. The van der Waals surface area contributed by atoms with Gasteiger partial charge in [0.15, 0.2) is 5.17 Å². The van der Waals surface area contributed by atoms with Crippen molar-refractivity contribution in [2.75, 3.05) is 17.7 Å². The van der Waals surface area contributed by atoms with Crippen LogP contribution in [0.4, 0.5) is 5.69 Å². The number of rotatable bonds is 9. The Hall–Kier alpha value is -1.99. The fourth-order valence-corrected chi connectivity index (χ4v) is 5.41. The van der Waals surface area contributed by atoms with Gasteiger partial charge in [-0.05, 0) is 36.6 Å². The van der Waals surface area contributed by atoms with E-state index >= 15 is 0 Å². The number of nitrogens with one attached hydrogen (secondary N) is 1. The maximum Gasteiger partial charge on any atom is 0.283 e. The largest absolute Gasteiger partial charge is 0.283 e. The van der Waals surface area contributed by atoms with Crippen LogP contribution in [0.3, 0.4) is 0 Å². The zero-order valence-electron chi connectivity index (χ0n) is 16.2. The first-order chi connectivity index (χ1) is 13.6. The van der Waals surface area contributed by atoms with Crippen LogP contribution < -0.4 is 5.43 Å². The molecular formula is C21H27N3O2S2. The lowest BCUT2D eigenvalue weighted by Gasteiger charge is -2.26. The van der Waals surface area contributed by atoms with Gasteiger partial charge in [0.25, 0.3) is 10.0 Å². The fraction of sp³-hybridized carbons (Fsp3) is 0.381. The van der Waals surface area contributed by atoms with Gasteiger partial charge in [0.1, 0.15) is 0 Å². The topological polar surface area (TPSA) is 61.8 Å². The first-order valence-corrected chi connectivity index (χ1v) is 12.2. The molecule has 2 aromatic carbocycles. The predicted molar refractivity (Wildman–Crippen MR) is 118 cm³/mol. The van der Waals surface area contributed by atoms with Crippen molar-refractivity contribution in [1.82, 2.24) is 4.41 Å². The number of hydrogen-bond donors (Lipinski definition) is 1. The van der Waals surface area contributed by atoms with Gasteiger partial charge in [-0.3, -0.25) is 10.4 Å². The molecule has 7 heteroatoms. The predicted octanol–water partition coefficient (Wildman–Crippen LogP) is 4.93. The van der Waals surface area contributed by atoms with Gasteiger partial charge in [0.05, 0.1) is 17.1 Å². The summed E-state index contributed by atoms with van der Waals surface area (Å²) in [6, 6.07) is 16.4. The van der Waals surface area contributed by atoms with Crippen molar-refractivity contribution >= 4 is 32.6 Å². The number of nitrogens with zero attached hydrogens (tertiary/aromatic N) is 2. The average molecular weight is 418 g/mol. The normalized spacial score (nSPS) is 14.0. The third-order valence-electron chi connectivity index (χ3n) is 4.56. The van der Waals surface area contributed by atoms with Crippen molar-refractivity contribution < 1.29 is 8.42 Å². The van der Waals surface area contributed by atoms with Gasteiger partial charge < -0.3 is 0 Å². The Labute approximate surface area is 172 Å². The number of benzene rings is 2. The Morgan fingerprint density at radius 2 is 1.79 bits per heavy atom. The van der Waals surface area contributed by atoms with E-state index in [4.69, 9.17) is 0 Å². The molecule has 0 radical (unpaired) electrons. The highest BCUT2D eigenvalue weighted by Crippen LogP contribution is 2.26. The van der Waals surface area contributed by atoms with Crippen LogP contribution in [0.2, 0.25) is 0 Å². The summed E-state index contributed by atoms with van der Waals surface area (Å²) in [7, 11) is -3.76. The van der Waals surface area contributed by atoms with Crippen molar-refractivity contribution in [3.63, 3.8) is 0 Å². The van der Waals surface area contributed by atoms with Gasteiger partial charge in [-0.25, -0.2) is 0 Å². The van der Waals surface area contributed by atoms with E-state index in [0.717, 1.165) is 29.8 Å². The molecule has 2 aromatic rings. The van der Waals surface area contributed by atoms with Crippen molar-refractivity contribution in [2.24, 2.45) is 4.99 Å². The third-order valence-corrected chi connectivity index (χ3v) is 7.25. The Bertz CT molecular complexity index is 899. The van der Waals surface area contributed by atoms with E-state index in [0.29, 0.717) is 11.7 Å². The molecule has 0 bridgehead atoms. The monoisotopic (exact) mass is 417 g/mol. The van der Waals surface area contributed by atoms with Crippen LogP contribution in [-0.2, 0) is 16.4 Å². The zero-order chi connectivity index (χ0) is 19.8. The number of anilines is 1. The smallest absolute Gasteiger partial charge is 0.282 e. The molecule has 0 amide bonds. The highest BCUT2D eigenvalue weighted by atomic mass is 32.2. The summed E-state index contributed by atoms with van der Waals surface area (Å²) in [6.07, 6.45) is 5.60. The standard InChI is InChI=1S/C21H27N3O2S2/c1-2-3-4-6-11-18-12-9-10-15-20(18)23-24(21-22-16-17-27-21)28(25,26)19-13-7-5-8-14-19/h5,7-10,12-15,23H,2-4,6,11,16-17H2,1H3. The molecule has 0 fully saturated rings. The summed E-state index contributed by atoms with van der Waals surface area (Å²) in [5, 5.41) is 0.490. The van der Waals surface area contributed by atoms with Crippen LogP contribution in [0.1, 0.15) is 38.2 Å². The number of sulfonamides is 1. The van der Waals surface area contributed by atoms with Crippen LogP contribution in [0.25, 0.3) is 0 Å². The number of para-hydroxylation sites is 1. The van der Waals surface area contributed by atoms with Gasteiger partial charge in [-0.2, -0.15) is 12.8 Å². The van der Waals surface area contributed by atoms with E-state index < -0.39 is 10.0 Å². The number of hydrazine groups is 1. The number of aryl methyl sites for hydroxylation is 1. The highest BCUT2D eigenvalue weighted by molar-refractivity contribution is 8.15. The van der Waals surface area contributed by atoms with Gasteiger partial charge in [0, 0.05) is 5.75 Å².